The number of carbonyl (C=O) groups excluding carboxylic acids is 1. The lowest BCUT2D eigenvalue weighted by molar-refractivity contribution is -0.132. The molecule has 27 heavy (non-hydrogen) atoms. The van der Waals surface area contributed by atoms with Gasteiger partial charge in [-0.1, -0.05) is 30.3 Å². The highest BCUT2D eigenvalue weighted by Crippen LogP contribution is 2.25. The molecule has 4 heteroatoms. The van der Waals surface area contributed by atoms with E-state index in [1.165, 1.54) is 5.56 Å². The van der Waals surface area contributed by atoms with Gasteiger partial charge in [-0.25, -0.2) is 0 Å². The zero-order valence-electron chi connectivity index (χ0n) is 15.8. The molecule has 0 radical (unpaired) electrons. The van der Waals surface area contributed by atoms with Crippen molar-refractivity contribution < 1.29 is 9.53 Å². The molecule has 1 fully saturated rings. The first-order chi connectivity index (χ1) is 13.2. The number of fused-ring (bicyclic) bond motifs is 1. The average molecular weight is 362 g/mol. The van der Waals surface area contributed by atoms with Gasteiger partial charge in [-0.05, 0) is 55.5 Å². The Morgan fingerprint density at radius 1 is 1.15 bits per heavy atom. The lowest BCUT2D eigenvalue weighted by Crippen LogP contribution is -2.37. The molecule has 1 atom stereocenters. The Kier molecular flexibility index (Phi) is 5.14. The normalized spacial score (nSPS) is 16.8. The summed E-state index contributed by atoms with van der Waals surface area (Å²) in [4.78, 5) is 15.1. The molecule has 0 saturated carbocycles. The van der Waals surface area contributed by atoms with Crippen LogP contribution in [0.25, 0.3) is 10.9 Å². The number of likely N-dealkylation sites (tertiary alicyclic amines) is 1. The molecule has 2 heterocycles. The van der Waals surface area contributed by atoms with Crippen molar-refractivity contribution in [1.29, 1.82) is 0 Å². The molecule has 1 saturated heterocycles. The Balaban J connectivity index is 1.42. The molecule has 0 bridgehead atoms. The second kappa shape index (κ2) is 7.87. The third-order valence-corrected chi connectivity index (χ3v) is 5.59. The number of benzene rings is 2. The molecule has 140 valence electrons. The summed E-state index contributed by atoms with van der Waals surface area (Å²) in [5, 5.41) is 1.10. The van der Waals surface area contributed by atoms with E-state index in [1.807, 2.05) is 41.1 Å². The van der Waals surface area contributed by atoms with Gasteiger partial charge in [0.2, 0.25) is 5.91 Å². The first-order valence-electron chi connectivity index (χ1n) is 9.71. The summed E-state index contributed by atoms with van der Waals surface area (Å²) in [7, 11) is 1.67. The maximum atomic E-state index is 13.0. The second-order valence-corrected chi connectivity index (χ2v) is 7.28. The summed E-state index contributed by atoms with van der Waals surface area (Å²) in [5.41, 5.74) is 2.42. The summed E-state index contributed by atoms with van der Waals surface area (Å²) >= 11 is 0. The lowest BCUT2D eigenvalue weighted by Gasteiger charge is -2.25. The Morgan fingerprint density at radius 2 is 2.00 bits per heavy atom. The van der Waals surface area contributed by atoms with Crippen molar-refractivity contribution in [1.82, 2.24) is 9.47 Å². The predicted octanol–water partition coefficient (Wildman–Crippen LogP) is 4.27. The Labute approximate surface area is 160 Å². The summed E-state index contributed by atoms with van der Waals surface area (Å²) in [6.45, 7) is 1.28. The molecule has 0 N–H and O–H groups in total. The van der Waals surface area contributed by atoms with Crippen molar-refractivity contribution in [3.8, 4) is 5.75 Å². The van der Waals surface area contributed by atoms with Gasteiger partial charge in [-0.3, -0.25) is 4.79 Å². The Hall–Kier alpha value is -2.75. The maximum absolute atomic E-state index is 13.0. The van der Waals surface area contributed by atoms with Crippen LogP contribution in [0.5, 0.6) is 5.75 Å². The van der Waals surface area contributed by atoms with Gasteiger partial charge in [0.15, 0.2) is 0 Å². The van der Waals surface area contributed by atoms with Crippen molar-refractivity contribution in [2.45, 2.75) is 38.3 Å². The molecule has 1 aromatic heterocycles. The fraction of sp³-hybridized carbons (Fsp3) is 0.348. The van der Waals surface area contributed by atoms with Gasteiger partial charge in [-0.15, -0.1) is 0 Å². The van der Waals surface area contributed by atoms with E-state index >= 15 is 0 Å². The SMILES string of the molecule is COc1ccc2c(ccn2CC(=O)N2CCCC2CCc2ccccc2)c1. The van der Waals surface area contributed by atoms with Crippen LogP contribution in [0.2, 0.25) is 0 Å². The number of nitrogens with zero attached hydrogens (tertiary/aromatic N) is 2. The van der Waals surface area contributed by atoms with Crippen molar-refractivity contribution >= 4 is 16.8 Å². The molecular weight excluding hydrogens is 336 g/mol. The molecule has 1 unspecified atom stereocenters. The molecule has 1 amide bonds. The number of amides is 1. The van der Waals surface area contributed by atoms with Crippen LogP contribution in [0, 0.1) is 0 Å². The van der Waals surface area contributed by atoms with E-state index < -0.39 is 0 Å². The van der Waals surface area contributed by atoms with E-state index in [4.69, 9.17) is 4.74 Å². The van der Waals surface area contributed by atoms with Crippen molar-refractivity contribution in [2.24, 2.45) is 0 Å². The number of rotatable bonds is 6. The first-order valence-corrected chi connectivity index (χ1v) is 9.71. The van der Waals surface area contributed by atoms with E-state index in [0.717, 1.165) is 48.9 Å². The van der Waals surface area contributed by atoms with Crippen LogP contribution in [0.3, 0.4) is 0 Å². The zero-order valence-corrected chi connectivity index (χ0v) is 15.8. The first kappa shape index (κ1) is 17.7. The van der Waals surface area contributed by atoms with E-state index in [-0.39, 0.29) is 5.91 Å². The fourth-order valence-corrected chi connectivity index (χ4v) is 4.12. The van der Waals surface area contributed by atoms with Gasteiger partial charge in [0, 0.05) is 29.7 Å². The number of carbonyl (C=O) groups is 1. The number of methoxy groups -OCH3 is 1. The van der Waals surface area contributed by atoms with E-state index in [2.05, 4.69) is 29.2 Å². The van der Waals surface area contributed by atoms with Crippen molar-refractivity contribution in [3.63, 3.8) is 0 Å². The van der Waals surface area contributed by atoms with Crippen LogP contribution in [-0.4, -0.2) is 35.1 Å². The van der Waals surface area contributed by atoms with Gasteiger partial charge in [0.05, 0.1) is 7.11 Å². The lowest BCUT2D eigenvalue weighted by atomic mass is 10.0. The topological polar surface area (TPSA) is 34.5 Å². The Bertz CT molecular complexity index is 917. The minimum absolute atomic E-state index is 0.221. The maximum Gasteiger partial charge on any atom is 0.242 e. The minimum Gasteiger partial charge on any atom is -0.497 e. The monoisotopic (exact) mass is 362 g/mol. The fourth-order valence-electron chi connectivity index (χ4n) is 4.12. The van der Waals surface area contributed by atoms with Crippen molar-refractivity contribution in [2.75, 3.05) is 13.7 Å². The molecule has 0 aliphatic carbocycles. The highest BCUT2D eigenvalue weighted by molar-refractivity contribution is 5.84. The summed E-state index contributed by atoms with van der Waals surface area (Å²) in [5.74, 6) is 1.06. The largest absolute Gasteiger partial charge is 0.497 e. The van der Waals surface area contributed by atoms with Gasteiger partial charge in [0.1, 0.15) is 12.3 Å². The summed E-state index contributed by atoms with van der Waals surface area (Å²) in [6, 6.07) is 18.9. The quantitative estimate of drug-likeness (QED) is 0.656. The number of aryl methyl sites for hydroxylation is 1. The standard InChI is InChI=1S/C23H26N2O2/c1-27-21-11-12-22-19(16-21)13-15-24(22)17-23(26)25-14-5-8-20(25)10-9-18-6-3-2-4-7-18/h2-4,6-7,11-13,15-16,20H,5,8-10,14,17H2,1H3. The van der Waals surface area contributed by atoms with Crippen LogP contribution in [0.4, 0.5) is 0 Å². The second-order valence-electron chi connectivity index (χ2n) is 7.28. The number of ether oxygens (including phenoxy) is 1. The molecule has 3 aromatic rings. The van der Waals surface area contributed by atoms with Crippen LogP contribution < -0.4 is 4.74 Å². The van der Waals surface area contributed by atoms with Gasteiger partial charge in [0.25, 0.3) is 0 Å². The van der Waals surface area contributed by atoms with Gasteiger partial charge in [-0.2, -0.15) is 0 Å². The molecule has 0 spiro atoms. The van der Waals surface area contributed by atoms with Crippen LogP contribution in [0.1, 0.15) is 24.8 Å². The van der Waals surface area contributed by atoms with Gasteiger partial charge >= 0.3 is 0 Å². The molecule has 1 aliphatic heterocycles. The van der Waals surface area contributed by atoms with Crippen molar-refractivity contribution in [3.05, 3.63) is 66.4 Å². The van der Waals surface area contributed by atoms with E-state index in [1.54, 1.807) is 7.11 Å². The average Bonchev–Trinajstić information content (AvgIpc) is 3.34. The minimum atomic E-state index is 0.221. The molecule has 2 aromatic carbocycles. The summed E-state index contributed by atoms with van der Waals surface area (Å²) in [6.07, 6.45) is 6.29. The molecule has 4 rings (SSSR count). The zero-order chi connectivity index (χ0) is 18.6. The Morgan fingerprint density at radius 3 is 2.81 bits per heavy atom. The molecular formula is C23H26N2O2. The highest BCUT2D eigenvalue weighted by atomic mass is 16.5. The smallest absolute Gasteiger partial charge is 0.242 e. The van der Waals surface area contributed by atoms with Crippen LogP contribution in [-0.2, 0) is 17.8 Å². The third-order valence-electron chi connectivity index (χ3n) is 5.59. The molecule has 4 nitrogen and oxygen atoms in total. The number of hydrogen-bond acceptors (Lipinski definition) is 2. The summed E-state index contributed by atoms with van der Waals surface area (Å²) < 4.78 is 7.33. The van der Waals surface area contributed by atoms with Crippen LogP contribution in [0.15, 0.2) is 60.8 Å². The third kappa shape index (κ3) is 3.85. The number of hydrogen-bond donors (Lipinski definition) is 0. The van der Waals surface area contributed by atoms with E-state index in [9.17, 15) is 4.79 Å². The van der Waals surface area contributed by atoms with E-state index in [0.29, 0.717) is 12.6 Å². The highest BCUT2D eigenvalue weighted by Gasteiger charge is 2.28. The van der Waals surface area contributed by atoms with Gasteiger partial charge < -0.3 is 14.2 Å². The predicted molar refractivity (Wildman–Crippen MR) is 108 cm³/mol. The van der Waals surface area contributed by atoms with Crippen LogP contribution >= 0.6 is 0 Å². The molecule has 1 aliphatic rings. The number of aromatic nitrogens is 1.